The number of esters is 1. The molecule has 1 N–H and O–H groups in total. The molecule has 1 heterocycles. The molecule has 26 heavy (non-hydrogen) atoms. The number of amides is 1. The van der Waals surface area contributed by atoms with Crippen LogP contribution in [0.15, 0.2) is 36.5 Å². The van der Waals surface area contributed by atoms with E-state index in [4.69, 9.17) is 21.1 Å². The van der Waals surface area contributed by atoms with Gasteiger partial charge in [-0.1, -0.05) is 17.7 Å². The highest BCUT2D eigenvalue weighted by molar-refractivity contribution is 6.32. The number of aryl methyl sites for hydroxylation is 2. The minimum absolute atomic E-state index is 0.166. The van der Waals surface area contributed by atoms with Crippen LogP contribution in [0.3, 0.4) is 0 Å². The second kappa shape index (κ2) is 8.19. The number of hydrogen-bond acceptors (Lipinski definition) is 5. The lowest BCUT2D eigenvalue weighted by atomic mass is 10.1. The van der Waals surface area contributed by atoms with E-state index >= 15 is 0 Å². The van der Waals surface area contributed by atoms with Crippen LogP contribution in [-0.4, -0.2) is 29.6 Å². The summed E-state index contributed by atoms with van der Waals surface area (Å²) in [5.41, 5.74) is 2.95. The molecular weight excluding hydrogens is 356 g/mol. The lowest BCUT2D eigenvalue weighted by Crippen LogP contribution is -2.31. The molecule has 0 fully saturated rings. The summed E-state index contributed by atoms with van der Waals surface area (Å²) in [4.78, 5) is 27.9. The van der Waals surface area contributed by atoms with Gasteiger partial charge in [0.15, 0.2) is 17.9 Å². The monoisotopic (exact) mass is 374 g/mol. The van der Waals surface area contributed by atoms with Crippen LogP contribution in [0, 0.1) is 0 Å². The number of aromatic nitrogens is 1. The summed E-state index contributed by atoms with van der Waals surface area (Å²) < 4.78 is 10.6. The first-order chi connectivity index (χ1) is 12.5. The van der Waals surface area contributed by atoms with E-state index in [1.165, 1.54) is 24.2 Å². The van der Waals surface area contributed by atoms with Crippen LogP contribution in [0.1, 0.15) is 24.5 Å². The van der Waals surface area contributed by atoms with Crippen LogP contribution in [0.4, 0.5) is 5.69 Å². The number of halogens is 1. The quantitative estimate of drug-likeness (QED) is 0.620. The molecule has 0 aliphatic heterocycles. The number of pyridine rings is 1. The predicted octanol–water partition coefficient (Wildman–Crippen LogP) is 3.17. The topological polar surface area (TPSA) is 77.5 Å². The van der Waals surface area contributed by atoms with E-state index in [2.05, 4.69) is 10.3 Å². The van der Waals surface area contributed by atoms with Gasteiger partial charge >= 0.3 is 5.97 Å². The third-order valence-electron chi connectivity index (χ3n) is 4.12. The van der Waals surface area contributed by atoms with Gasteiger partial charge in [-0.05, 0) is 61.6 Å². The van der Waals surface area contributed by atoms with Gasteiger partial charge in [-0.3, -0.25) is 4.79 Å². The lowest BCUT2D eigenvalue weighted by molar-refractivity contribution is -0.155. The standard InChI is InChI=1S/C19H19ClN2O4/c1-12(19(24)22-16-6-3-9-21-18(16)20)26-17(23)11-25-15-8-7-13-4-2-5-14(13)10-15/h3,6-10,12H,2,4-5,11H2,1H3,(H,22,24)/t12-/m1/s1. The summed E-state index contributed by atoms with van der Waals surface area (Å²) in [6.45, 7) is 1.22. The molecule has 2 aromatic rings. The number of rotatable bonds is 6. The van der Waals surface area contributed by atoms with E-state index in [1.54, 1.807) is 12.1 Å². The Balaban J connectivity index is 1.48. The van der Waals surface area contributed by atoms with Crippen molar-refractivity contribution in [1.29, 1.82) is 0 Å². The number of carbonyl (C=O) groups is 2. The van der Waals surface area contributed by atoms with Gasteiger partial charge in [0.25, 0.3) is 5.91 Å². The van der Waals surface area contributed by atoms with Gasteiger partial charge in [0.1, 0.15) is 5.75 Å². The Bertz CT molecular complexity index is 825. The second-order valence-corrected chi connectivity index (χ2v) is 6.39. The number of benzene rings is 1. The molecule has 136 valence electrons. The fourth-order valence-corrected chi connectivity index (χ4v) is 2.95. The molecule has 0 unspecified atom stereocenters. The van der Waals surface area contributed by atoms with Gasteiger partial charge in [0, 0.05) is 6.20 Å². The number of carbonyl (C=O) groups excluding carboxylic acids is 2. The van der Waals surface area contributed by atoms with E-state index in [9.17, 15) is 9.59 Å². The van der Waals surface area contributed by atoms with Crippen molar-refractivity contribution in [2.45, 2.75) is 32.3 Å². The number of nitrogens with one attached hydrogen (secondary N) is 1. The van der Waals surface area contributed by atoms with Crippen LogP contribution < -0.4 is 10.1 Å². The van der Waals surface area contributed by atoms with Gasteiger partial charge in [0.05, 0.1) is 5.69 Å². The van der Waals surface area contributed by atoms with Crippen molar-refractivity contribution in [2.75, 3.05) is 11.9 Å². The van der Waals surface area contributed by atoms with Gasteiger partial charge in [-0.15, -0.1) is 0 Å². The van der Waals surface area contributed by atoms with Gasteiger partial charge in [-0.25, -0.2) is 9.78 Å². The molecule has 1 amide bonds. The minimum Gasteiger partial charge on any atom is -0.482 e. The van der Waals surface area contributed by atoms with Crippen molar-refractivity contribution in [1.82, 2.24) is 4.98 Å². The Hall–Kier alpha value is -2.60. The summed E-state index contributed by atoms with van der Waals surface area (Å²) in [6, 6.07) is 9.08. The van der Waals surface area contributed by atoms with Gasteiger partial charge in [-0.2, -0.15) is 0 Å². The molecule has 1 aromatic heterocycles. The molecule has 3 rings (SSSR count). The normalized spacial score (nSPS) is 13.6. The van der Waals surface area contributed by atoms with E-state index in [0.717, 1.165) is 19.3 Å². The number of fused-ring (bicyclic) bond motifs is 1. The molecule has 0 bridgehead atoms. The first-order valence-corrected chi connectivity index (χ1v) is 8.76. The molecule has 0 saturated heterocycles. The predicted molar refractivity (Wildman–Crippen MR) is 97.4 cm³/mol. The highest BCUT2D eigenvalue weighted by Crippen LogP contribution is 2.26. The maximum Gasteiger partial charge on any atom is 0.344 e. The van der Waals surface area contributed by atoms with E-state index in [-0.39, 0.29) is 11.8 Å². The minimum atomic E-state index is -0.984. The van der Waals surface area contributed by atoms with Crippen LogP contribution in [0.2, 0.25) is 5.15 Å². The van der Waals surface area contributed by atoms with Crippen LogP contribution in [-0.2, 0) is 27.2 Å². The molecule has 6 nitrogen and oxygen atoms in total. The molecule has 0 spiro atoms. The highest BCUT2D eigenvalue weighted by Gasteiger charge is 2.19. The lowest BCUT2D eigenvalue weighted by Gasteiger charge is -2.14. The van der Waals surface area contributed by atoms with Gasteiger partial charge in [0.2, 0.25) is 0 Å². The smallest absolute Gasteiger partial charge is 0.344 e. The summed E-state index contributed by atoms with van der Waals surface area (Å²) in [7, 11) is 0. The van der Waals surface area contributed by atoms with Crippen molar-refractivity contribution >= 4 is 29.2 Å². The maximum absolute atomic E-state index is 12.1. The third kappa shape index (κ3) is 4.52. The molecule has 0 saturated carbocycles. The fourth-order valence-electron chi connectivity index (χ4n) is 2.78. The zero-order valence-corrected chi connectivity index (χ0v) is 15.1. The Labute approximate surface area is 156 Å². The molecule has 1 atom stereocenters. The molecular formula is C19H19ClN2O4. The van der Waals surface area contributed by atoms with Crippen LogP contribution >= 0.6 is 11.6 Å². The first-order valence-electron chi connectivity index (χ1n) is 8.38. The zero-order valence-electron chi connectivity index (χ0n) is 14.3. The van der Waals surface area contributed by atoms with Crippen molar-refractivity contribution in [3.63, 3.8) is 0 Å². The number of anilines is 1. The number of nitrogens with zero attached hydrogens (tertiary/aromatic N) is 1. The zero-order chi connectivity index (χ0) is 18.5. The van der Waals surface area contributed by atoms with Crippen molar-refractivity contribution < 1.29 is 19.1 Å². The van der Waals surface area contributed by atoms with Crippen molar-refractivity contribution in [3.8, 4) is 5.75 Å². The Morgan fingerprint density at radius 2 is 2.08 bits per heavy atom. The third-order valence-corrected chi connectivity index (χ3v) is 4.42. The van der Waals surface area contributed by atoms with Crippen molar-refractivity contribution in [3.05, 3.63) is 52.8 Å². The van der Waals surface area contributed by atoms with Gasteiger partial charge < -0.3 is 14.8 Å². The van der Waals surface area contributed by atoms with Crippen LogP contribution in [0.5, 0.6) is 5.75 Å². The summed E-state index contributed by atoms with van der Waals surface area (Å²) in [6.07, 6.45) is 3.80. The fraction of sp³-hybridized carbons (Fsp3) is 0.316. The SMILES string of the molecule is C[C@@H](OC(=O)COc1ccc2c(c1)CCC2)C(=O)Nc1cccnc1Cl. The summed E-state index contributed by atoms with van der Waals surface area (Å²) in [5, 5.41) is 2.73. The molecule has 0 radical (unpaired) electrons. The molecule has 1 aliphatic rings. The van der Waals surface area contributed by atoms with E-state index in [0.29, 0.717) is 11.4 Å². The van der Waals surface area contributed by atoms with E-state index < -0.39 is 18.0 Å². The Morgan fingerprint density at radius 3 is 2.88 bits per heavy atom. The van der Waals surface area contributed by atoms with Crippen LogP contribution in [0.25, 0.3) is 0 Å². The summed E-state index contributed by atoms with van der Waals surface area (Å²) >= 11 is 5.88. The first kappa shape index (κ1) is 18.2. The van der Waals surface area contributed by atoms with E-state index in [1.807, 2.05) is 18.2 Å². The summed E-state index contributed by atoms with van der Waals surface area (Å²) in [5.74, 6) is -0.488. The Kier molecular flexibility index (Phi) is 5.73. The largest absolute Gasteiger partial charge is 0.482 e. The maximum atomic E-state index is 12.1. The molecule has 1 aromatic carbocycles. The van der Waals surface area contributed by atoms with Crippen molar-refractivity contribution in [2.24, 2.45) is 0 Å². The second-order valence-electron chi connectivity index (χ2n) is 6.04. The Morgan fingerprint density at radius 1 is 1.27 bits per heavy atom. The average Bonchev–Trinajstić information content (AvgIpc) is 3.09. The highest BCUT2D eigenvalue weighted by atomic mass is 35.5. The molecule has 1 aliphatic carbocycles. The number of ether oxygens (including phenoxy) is 2. The average molecular weight is 375 g/mol. The molecule has 7 heteroatoms. The number of hydrogen-bond donors (Lipinski definition) is 1.